The SMILES string of the molecule is CN1CCN(C(=O)[C@@]23CC[C@@H](C2)C(C)(C)C3=O)CC1. The minimum atomic E-state index is -0.663. The predicted molar refractivity (Wildman–Crippen MR) is 72.6 cm³/mol. The van der Waals surface area contributed by atoms with E-state index in [9.17, 15) is 9.59 Å². The molecule has 3 aliphatic rings. The molecule has 0 aromatic rings. The summed E-state index contributed by atoms with van der Waals surface area (Å²) in [7, 11) is 2.08. The summed E-state index contributed by atoms with van der Waals surface area (Å²) in [5, 5.41) is 0. The third kappa shape index (κ3) is 1.69. The van der Waals surface area contributed by atoms with Gasteiger partial charge >= 0.3 is 0 Å². The number of likely N-dealkylation sites (N-methyl/N-ethyl adjacent to an activating group) is 1. The molecular weight excluding hydrogens is 240 g/mol. The minimum absolute atomic E-state index is 0.124. The lowest BCUT2D eigenvalue weighted by Gasteiger charge is -2.39. The first-order valence-electron chi connectivity index (χ1n) is 7.41. The molecule has 1 amide bonds. The van der Waals surface area contributed by atoms with Crippen LogP contribution in [-0.2, 0) is 9.59 Å². The van der Waals surface area contributed by atoms with E-state index in [-0.39, 0.29) is 17.1 Å². The highest BCUT2D eigenvalue weighted by Crippen LogP contribution is 2.60. The molecule has 0 unspecified atom stereocenters. The fraction of sp³-hybridized carbons (Fsp3) is 0.867. The Kier molecular flexibility index (Phi) is 2.79. The highest BCUT2D eigenvalue weighted by Gasteiger charge is 2.65. The van der Waals surface area contributed by atoms with Crippen LogP contribution in [0.15, 0.2) is 0 Å². The number of amides is 1. The van der Waals surface area contributed by atoms with Gasteiger partial charge in [-0.2, -0.15) is 0 Å². The summed E-state index contributed by atoms with van der Waals surface area (Å²) in [6.07, 6.45) is 2.62. The van der Waals surface area contributed by atoms with Crippen molar-refractivity contribution in [1.82, 2.24) is 9.80 Å². The molecule has 0 aromatic heterocycles. The summed E-state index contributed by atoms with van der Waals surface area (Å²) in [6, 6.07) is 0. The van der Waals surface area contributed by atoms with Crippen molar-refractivity contribution < 1.29 is 9.59 Å². The van der Waals surface area contributed by atoms with Gasteiger partial charge in [-0.05, 0) is 32.2 Å². The van der Waals surface area contributed by atoms with E-state index in [1.165, 1.54) is 0 Å². The molecule has 1 saturated heterocycles. The highest BCUT2D eigenvalue weighted by atomic mass is 16.2. The van der Waals surface area contributed by atoms with Crippen LogP contribution < -0.4 is 0 Å². The summed E-state index contributed by atoms with van der Waals surface area (Å²) in [5.41, 5.74) is -0.954. The van der Waals surface area contributed by atoms with Gasteiger partial charge in [0.2, 0.25) is 5.91 Å². The van der Waals surface area contributed by atoms with Crippen LogP contribution in [0.1, 0.15) is 33.1 Å². The van der Waals surface area contributed by atoms with E-state index in [1.807, 2.05) is 18.7 Å². The summed E-state index contributed by atoms with van der Waals surface area (Å²) in [6.45, 7) is 7.44. The second-order valence-electron chi connectivity index (χ2n) is 7.17. The number of rotatable bonds is 1. The first kappa shape index (κ1) is 13.1. The molecule has 2 atom stereocenters. The highest BCUT2D eigenvalue weighted by molar-refractivity contribution is 6.10. The van der Waals surface area contributed by atoms with Crippen LogP contribution in [0.3, 0.4) is 0 Å². The average Bonchev–Trinajstić information content (AvgIpc) is 2.90. The lowest BCUT2D eigenvalue weighted by molar-refractivity contribution is -0.152. The molecule has 0 spiro atoms. The van der Waals surface area contributed by atoms with Crippen LogP contribution in [0, 0.1) is 16.7 Å². The summed E-state index contributed by atoms with van der Waals surface area (Å²) in [4.78, 5) is 29.7. The molecule has 106 valence electrons. The number of fused-ring (bicyclic) bond motifs is 2. The quantitative estimate of drug-likeness (QED) is 0.667. The van der Waals surface area contributed by atoms with Gasteiger partial charge in [0, 0.05) is 31.6 Å². The van der Waals surface area contributed by atoms with Gasteiger partial charge in [0.05, 0.1) is 0 Å². The molecule has 2 bridgehead atoms. The van der Waals surface area contributed by atoms with Gasteiger partial charge in [-0.3, -0.25) is 9.59 Å². The third-order valence-corrected chi connectivity index (χ3v) is 5.75. The summed E-state index contributed by atoms with van der Waals surface area (Å²) >= 11 is 0. The first-order valence-corrected chi connectivity index (χ1v) is 7.41. The van der Waals surface area contributed by atoms with Crippen molar-refractivity contribution in [1.29, 1.82) is 0 Å². The second-order valence-corrected chi connectivity index (χ2v) is 7.17. The molecule has 0 N–H and O–H groups in total. The van der Waals surface area contributed by atoms with E-state index >= 15 is 0 Å². The Morgan fingerprint density at radius 3 is 2.37 bits per heavy atom. The van der Waals surface area contributed by atoms with Crippen molar-refractivity contribution in [2.24, 2.45) is 16.7 Å². The number of ketones is 1. The van der Waals surface area contributed by atoms with Crippen LogP contribution in [0.2, 0.25) is 0 Å². The number of hydrogen-bond donors (Lipinski definition) is 0. The number of hydrogen-bond acceptors (Lipinski definition) is 3. The van der Waals surface area contributed by atoms with Crippen molar-refractivity contribution in [2.75, 3.05) is 33.2 Å². The van der Waals surface area contributed by atoms with Gasteiger partial charge in [-0.25, -0.2) is 0 Å². The number of carbonyl (C=O) groups is 2. The molecule has 3 rings (SSSR count). The van der Waals surface area contributed by atoms with Gasteiger partial charge in [0.15, 0.2) is 5.78 Å². The molecule has 1 aliphatic heterocycles. The van der Waals surface area contributed by atoms with Gasteiger partial charge in [0.1, 0.15) is 5.41 Å². The monoisotopic (exact) mass is 264 g/mol. The Balaban J connectivity index is 1.82. The molecule has 1 heterocycles. The van der Waals surface area contributed by atoms with E-state index in [1.54, 1.807) is 0 Å². The molecule has 0 aromatic carbocycles. The predicted octanol–water partition coefficient (Wildman–Crippen LogP) is 1.16. The van der Waals surface area contributed by atoms with Crippen LogP contribution in [0.5, 0.6) is 0 Å². The minimum Gasteiger partial charge on any atom is -0.339 e. The zero-order chi connectivity index (χ0) is 13.8. The lowest BCUT2D eigenvalue weighted by atomic mass is 9.70. The van der Waals surface area contributed by atoms with Gasteiger partial charge in [-0.1, -0.05) is 13.8 Å². The van der Waals surface area contributed by atoms with Crippen molar-refractivity contribution in [2.45, 2.75) is 33.1 Å². The maximum absolute atomic E-state index is 12.9. The average molecular weight is 264 g/mol. The van der Waals surface area contributed by atoms with Crippen LogP contribution in [0.4, 0.5) is 0 Å². The smallest absolute Gasteiger partial charge is 0.236 e. The van der Waals surface area contributed by atoms with E-state index < -0.39 is 5.41 Å². The molecule has 3 fully saturated rings. The van der Waals surface area contributed by atoms with Crippen LogP contribution in [-0.4, -0.2) is 54.7 Å². The number of carbonyl (C=O) groups excluding carboxylic acids is 2. The Morgan fingerprint density at radius 1 is 1.21 bits per heavy atom. The summed E-state index contributed by atoms with van der Waals surface area (Å²) < 4.78 is 0. The Labute approximate surface area is 115 Å². The maximum Gasteiger partial charge on any atom is 0.236 e. The molecule has 0 radical (unpaired) electrons. The molecule has 4 heteroatoms. The fourth-order valence-corrected chi connectivity index (χ4v) is 4.27. The Hall–Kier alpha value is -0.900. The van der Waals surface area contributed by atoms with Crippen molar-refractivity contribution in [3.8, 4) is 0 Å². The summed E-state index contributed by atoms with van der Waals surface area (Å²) in [5.74, 6) is 0.746. The molecular formula is C15H24N2O2. The van der Waals surface area contributed by atoms with Gasteiger partial charge < -0.3 is 9.80 Å². The van der Waals surface area contributed by atoms with Crippen molar-refractivity contribution >= 4 is 11.7 Å². The normalized spacial score (nSPS) is 37.9. The van der Waals surface area contributed by atoms with E-state index in [0.29, 0.717) is 5.92 Å². The third-order valence-electron chi connectivity index (χ3n) is 5.75. The van der Waals surface area contributed by atoms with Gasteiger partial charge in [-0.15, -0.1) is 0 Å². The topological polar surface area (TPSA) is 40.6 Å². The largest absolute Gasteiger partial charge is 0.339 e. The van der Waals surface area contributed by atoms with Crippen molar-refractivity contribution in [3.63, 3.8) is 0 Å². The fourth-order valence-electron chi connectivity index (χ4n) is 4.27. The van der Waals surface area contributed by atoms with Crippen molar-refractivity contribution in [3.05, 3.63) is 0 Å². The Bertz CT molecular complexity index is 424. The first-order chi connectivity index (χ1) is 8.88. The van der Waals surface area contributed by atoms with E-state index in [4.69, 9.17) is 0 Å². The second kappa shape index (κ2) is 4.05. The molecule has 2 aliphatic carbocycles. The van der Waals surface area contributed by atoms with E-state index in [2.05, 4.69) is 11.9 Å². The van der Waals surface area contributed by atoms with Crippen LogP contribution >= 0.6 is 0 Å². The van der Waals surface area contributed by atoms with Crippen LogP contribution in [0.25, 0.3) is 0 Å². The maximum atomic E-state index is 12.9. The zero-order valence-corrected chi connectivity index (χ0v) is 12.2. The number of piperazine rings is 1. The molecule has 4 nitrogen and oxygen atoms in total. The number of nitrogens with zero attached hydrogens (tertiary/aromatic N) is 2. The number of Topliss-reactive ketones (excluding diaryl/α,β-unsaturated/α-hetero) is 1. The Morgan fingerprint density at radius 2 is 1.84 bits per heavy atom. The lowest BCUT2D eigenvalue weighted by Crippen LogP contribution is -2.54. The van der Waals surface area contributed by atoms with E-state index in [0.717, 1.165) is 45.4 Å². The standard InChI is InChI=1S/C15H24N2O2/c1-14(2)11-4-5-15(10-11,12(14)18)13(19)17-8-6-16(3)7-9-17/h11H,4-10H2,1-3H3/t11-,15-/m0/s1. The van der Waals surface area contributed by atoms with Gasteiger partial charge in [0.25, 0.3) is 0 Å². The molecule has 2 saturated carbocycles. The zero-order valence-electron chi connectivity index (χ0n) is 12.2. The molecule has 19 heavy (non-hydrogen) atoms.